The third-order valence-corrected chi connectivity index (χ3v) is 6.93. The summed E-state index contributed by atoms with van der Waals surface area (Å²) in [5.41, 5.74) is -0.329. The van der Waals surface area contributed by atoms with Gasteiger partial charge in [0.2, 0.25) is 23.6 Å². The fourth-order valence-corrected chi connectivity index (χ4v) is 4.13. The lowest BCUT2D eigenvalue weighted by Gasteiger charge is -2.29. The van der Waals surface area contributed by atoms with E-state index in [1.807, 2.05) is 0 Å². The molecule has 0 radical (unpaired) electrons. The Morgan fingerprint density at radius 3 is 1.85 bits per heavy atom. The molecule has 48 heavy (non-hydrogen) atoms. The zero-order chi connectivity index (χ0) is 36.8. The van der Waals surface area contributed by atoms with E-state index in [1.165, 1.54) is 19.1 Å². The molecule has 0 saturated carbocycles. The highest BCUT2D eigenvalue weighted by atomic mass is 16.6. The first-order valence-corrected chi connectivity index (χ1v) is 15.2. The van der Waals surface area contributed by atoms with E-state index in [9.17, 15) is 48.9 Å². The fraction of sp³-hybridized carbons (Fsp3) is 0.581. The van der Waals surface area contributed by atoms with Crippen LogP contribution in [0, 0.1) is 5.92 Å². The van der Waals surface area contributed by atoms with E-state index in [4.69, 9.17) is 4.74 Å². The van der Waals surface area contributed by atoms with Gasteiger partial charge in [0.05, 0.1) is 20.1 Å². The number of aliphatic carboxylic acids is 1. The first-order valence-electron chi connectivity index (χ1n) is 15.2. The quantitative estimate of drug-likeness (QED) is 0.0966. The van der Waals surface area contributed by atoms with Crippen molar-refractivity contribution in [1.82, 2.24) is 26.6 Å². The van der Waals surface area contributed by atoms with Crippen LogP contribution in [0.15, 0.2) is 24.3 Å². The van der Waals surface area contributed by atoms with E-state index >= 15 is 0 Å². The van der Waals surface area contributed by atoms with Gasteiger partial charge in [0.15, 0.2) is 6.04 Å². The summed E-state index contributed by atoms with van der Waals surface area (Å²) in [6, 6.07) is -1.13. The molecule has 0 aliphatic heterocycles. The number of carboxylic acid groups (broad SMARTS) is 1. The Morgan fingerprint density at radius 2 is 1.35 bits per heavy atom. The van der Waals surface area contributed by atoms with Crippen LogP contribution in [-0.2, 0) is 44.7 Å². The van der Waals surface area contributed by atoms with Crippen LogP contribution in [0.2, 0.25) is 0 Å². The molecule has 0 spiro atoms. The van der Waals surface area contributed by atoms with E-state index in [-0.39, 0.29) is 12.2 Å². The number of carboxylic acids is 1. The minimum atomic E-state index is -1.70. The van der Waals surface area contributed by atoms with Crippen molar-refractivity contribution in [3.05, 3.63) is 29.8 Å². The molecular formula is C31H47N5O12. The van der Waals surface area contributed by atoms with Gasteiger partial charge in [-0.1, -0.05) is 32.4 Å². The van der Waals surface area contributed by atoms with Gasteiger partial charge in [-0.2, -0.15) is 0 Å². The van der Waals surface area contributed by atoms with E-state index in [0.717, 1.165) is 7.11 Å². The number of hydrogen-bond acceptors (Lipinski definition) is 11. The SMILES string of the molecule is CC[C@H](C)[C@H](NC(=O)[C@H](Cc1ccc(O)cc1)NC(=O)OC(C)(C)C)C(=O)N[C@@H](CC(=O)O)C(=O)N[C@@H](C)C(=O)N[C@@H](CO)C(=O)OC. The Hall–Kier alpha value is -4.93. The fourth-order valence-electron chi connectivity index (χ4n) is 4.13. The number of nitrogens with one attached hydrogen (secondary N) is 5. The summed E-state index contributed by atoms with van der Waals surface area (Å²) < 4.78 is 9.77. The van der Waals surface area contributed by atoms with Gasteiger partial charge in [0.25, 0.3) is 0 Å². The summed E-state index contributed by atoms with van der Waals surface area (Å²) in [5.74, 6) is -6.63. The van der Waals surface area contributed by atoms with Gasteiger partial charge in [-0.3, -0.25) is 24.0 Å². The molecule has 17 nitrogen and oxygen atoms in total. The third-order valence-electron chi connectivity index (χ3n) is 6.93. The van der Waals surface area contributed by atoms with Crippen LogP contribution in [0.4, 0.5) is 4.79 Å². The molecule has 6 atom stereocenters. The minimum Gasteiger partial charge on any atom is -0.508 e. The maximum atomic E-state index is 13.6. The maximum absolute atomic E-state index is 13.6. The number of rotatable bonds is 17. The van der Waals surface area contributed by atoms with Crippen molar-refractivity contribution in [2.75, 3.05) is 13.7 Å². The maximum Gasteiger partial charge on any atom is 0.408 e. The summed E-state index contributed by atoms with van der Waals surface area (Å²) in [5, 5.41) is 40.2. The lowest BCUT2D eigenvalue weighted by atomic mass is 9.96. The molecule has 8 N–H and O–H groups in total. The van der Waals surface area contributed by atoms with Gasteiger partial charge in [-0.05, 0) is 51.3 Å². The Labute approximate surface area is 278 Å². The predicted molar refractivity (Wildman–Crippen MR) is 169 cm³/mol. The molecule has 0 aromatic heterocycles. The Kier molecular flexibility index (Phi) is 16.3. The number of benzene rings is 1. The molecule has 268 valence electrons. The van der Waals surface area contributed by atoms with Crippen molar-refractivity contribution in [3.63, 3.8) is 0 Å². The molecule has 0 heterocycles. The molecule has 1 rings (SSSR count). The molecule has 0 aliphatic rings. The number of esters is 1. The highest BCUT2D eigenvalue weighted by molar-refractivity contribution is 5.97. The van der Waals surface area contributed by atoms with Gasteiger partial charge < -0.3 is 51.4 Å². The number of carbonyl (C=O) groups is 7. The van der Waals surface area contributed by atoms with Crippen molar-refractivity contribution >= 4 is 41.7 Å². The van der Waals surface area contributed by atoms with E-state index in [0.29, 0.717) is 12.0 Å². The summed E-state index contributed by atoms with van der Waals surface area (Å²) >= 11 is 0. The van der Waals surface area contributed by atoms with Crippen LogP contribution >= 0.6 is 0 Å². The number of aromatic hydroxyl groups is 1. The standard InChI is InChI=1S/C31H47N5O12/c1-8-16(2)24(36-27(43)20(35-30(46)48-31(4,5)6)13-18-9-11-19(38)12-10-18)28(44)33-21(14-23(39)40)26(42)32-17(3)25(41)34-22(15-37)29(45)47-7/h9-12,16-17,20-22,24,37-38H,8,13-15H2,1-7H3,(H,32,42)(H,33,44)(H,34,41)(H,35,46)(H,36,43)(H,39,40)/t16-,17-,20-,21-,22-,24-/m0/s1. The number of alkyl carbamates (subject to hydrolysis) is 1. The molecule has 0 aliphatic carbocycles. The molecule has 0 unspecified atom stereocenters. The number of carbonyl (C=O) groups excluding carboxylic acids is 6. The number of phenolic OH excluding ortho intramolecular Hbond substituents is 1. The van der Waals surface area contributed by atoms with Crippen LogP contribution in [0.25, 0.3) is 0 Å². The van der Waals surface area contributed by atoms with Gasteiger partial charge in [0, 0.05) is 6.42 Å². The second kappa shape index (κ2) is 19.0. The second-order valence-electron chi connectivity index (χ2n) is 12.1. The lowest BCUT2D eigenvalue weighted by Crippen LogP contribution is -2.60. The van der Waals surface area contributed by atoms with Crippen LogP contribution in [0.1, 0.15) is 59.9 Å². The van der Waals surface area contributed by atoms with Gasteiger partial charge >= 0.3 is 18.0 Å². The van der Waals surface area contributed by atoms with Crippen LogP contribution in [0.5, 0.6) is 5.75 Å². The van der Waals surface area contributed by atoms with Crippen LogP contribution in [-0.4, -0.2) is 107 Å². The zero-order valence-electron chi connectivity index (χ0n) is 28.1. The summed E-state index contributed by atoms with van der Waals surface area (Å²) in [6.45, 7) is 8.72. The number of ether oxygens (including phenoxy) is 2. The molecule has 5 amide bonds. The number of methoxy groups -OCH3 is 1. The third kappa shape index (κ3) is 14.2. The van der Waals surface area contributed by atoms with E-state index in [2.05, 4.69) is 31.3 Å². The average molecular weight is 682 g/mol. The predicted octanol–water partition coefficient (Wildman–Crippen LogP) is -0.527. The molecule has 0 bridgehead atoms. The van der Waals surface area contributed by atoms with Gasteiger partial charge in [-0.25, -0.2) is 9.59 Å². The monoisotopic (exact) mass is 681 g/mol. The van der Waals surface area contributed by atoms with Crippen LogP contribution in [0.3, 0.4) is 0 Å². The largest absolute Gasteiger partial charge is 0.508 e. The number of aliphatic hydroxyl groups is 1. The highest BCUT2D eigenvalue weighted by Gasteiger charge is 2.35. The number of amides is 5. The van der Waals surface area contributed by atoms with Crippen molar-refractivity contribution < 1.29 is 58.4 Å². The van der Waals surface area contributed by atoms with Gasteiger partial charge in [0.1, 0.15) is 35.5 Å². The number of phenols is 1. The molecule has 1 aromatic rings. The first kappa shape index (κ1) is 41.1. The summed E-state index contributed by atoms with van der Waals surface area (Å²) in [7, 11) is 1.05. The molecule has 0 saturated heterocycles. The zero-order valence-corrected chi connectivity index (χ0v) is 28.1. The topological polar surface area (TPSA) is 259 Å². The summed E-state index contributed by atoms with van der Waals surface area (Å²) in [4.78, 5) is 88.6. The number of aliphatic hydroxyl groups excluding tert-OH is 1. The molecular weight excluding hydrogens is 634 g/mol. The van der Waals surface area contributed by atoms with Crippen LogP contribution < -0.4 is 26.6 Å². The number of hydrogen-bond donors (Lipinski definition) is 8. The Morgan fingerprint density at radius 1 is 0.792 bits per heavy atom. The Bertz CT molecular complexity index is 1300. The highest BCUT2D eigenvalue weighted by Crippen LogP contribution is 2.14. The first-order chi connectivity index (χ1) is 22.3. The van der Waals surface area contributed by atoms with Crippen molar-refractivity contribution in [2.24, 2.45) is 5.92 Å². The minimum absolute atomic E-state index is 0.0149. The van der Waals surface area contributed by atoms with Crippen molar-refractivity contribution in [3.8, 4) is 5.75 Å². The summed E-state index contributed by atoms with van der Waals surface area (Å²) in [6.07, 6.45) is -1.49. The van der Waals surface area contributed by atoms with E-state index in [1.54, 1.807) is 46.8 Å². The van der Waals surface area contributed by atoms with Crippen molar-refractivity contribution in [2.45, 2.75) is 96.6 Å². The van der Waals surface area contributed by atoms with Crippen molar-refractivity contribution in [1.29, 1.82) is 0 Å². The van der Waals surface area contributed by atoms with E-state index < -0.39 is 96.4 Å². The lowest BCUT2D eigenvalue weighted by molar-refractivity contribution is -0.146. The Balaban J connectivity index is 3.21. The van der Waals surface area contributed by atoms with Gasteiger partial charge in [-0.15, -0.1) is 0 Å². The molecule has 17 heteroatoms. The smallest absolute Gasteiger partial charge is 0.408 e. The second-order valence-corrected chi connectivity index (χ2v) is 12.1. The molecule has 1 aromatic carbocycles. The normalized spacial score (nSPS) is 14.8. The average Bonchev–Trinajstić information content (AvgIpc) is 3.00. The molecule has 0 fully saturated rings.